The number of rotatable bonds is 4. The summed E-state index contributed by atoms with van der Waals surface area (Å²) in [6, 6.07) is 18.1. The van der Waals surface area contributed by atoms with Gasteiger partial charge in [0, 0.05) is 29.0 Å². The second kappa shape index (κ2) is 6.98. The highest BCUT2D eigenvalue weighted by Crippen LogP contribution is 2.30. The molecule has 5 rings (SSSR count). The molecule has 136 valence electrons. The van der Waals surface area contributed by atoms with E-state index >= 15 is 0 Å². The molecular weight excluding hydrogens is 366 g/mol. The molecule has 6 heteroatoms. The average Bonchev–Trinajstić information content (AvgIpc) is 3.17. The topological polar surface area (TPSA) is 63.6 Å². The third-order valence-electron chi connectivity index (χ3n) is 4.54. The van der Waals surface area contributed by atoms with Gasteiger partial charge in [-0.25, -0.2) is 15.0 Å². The molecule has 5 aromatic rings. The van der Waals surface area contributed by atoms with E-state index in [1.54, 1.807) is 23.7 Å². The van der Waals surface area contributed by atoms with Crippen molar-refractivity contribution in [1.29, 1.82) is 0 Å². The van der Waals surface area contributed by atoms with Gasteiger partial charge in [-0.15, -0.1) is 11.3 Å². The number of nitrogens with one attached hydrogen (secondary N) is 1. The molecule has 0 radical (unpaired) electrons. The number of aromatic nitrogens is 4. The minimum absolute atomic E-state index is 0.677. The van der Waals surface area contributed by atoms with Crippen LogP contribution in [0, 0.1) is 0 Å². The standard InChI is InChI=1S/C22H17N5S/c1-2-20-25-18-8-7-15(13-19(18)28-20)24-22-16-5-3-4-6-17(16)26-21(27-22)14-9-11-23-12-10-14/h3-13H,2H2,1H3,(H,24,26,27). The van der Waals surface area contributed by atoms with E-state index in [0.29, 0.717) is 5.82 Å². The molecule has 0 aliphatic carbocycles. The lowest BCUT2D eigenvalue weighted by molar-refractivity contribution is 1.11. The molecule has 0 saturated carbocycles. The highest BCUT2D eigenvalue weighted by Gasteiger charge is 2.10. The summed E-state index contributed by atoms with van der Waals surface area (Å²) in [5.41, 5.74) is 3.87. The number of nitrogens with zero attached hydrogens (tertiary/aromatic N) is 4. The summed E-state index contributed by atoms with van der Waals surface area (Å²) < 4.78 is 1.18. The number of aryl methyl sites for hydroxylation is 1. The van der Waals surface area contributed by atoms with Crippen LogP contribution in [-0.4, -0.2) is 19.9 Å². The summed E-state index contributed by atoms with van der Waals surface area (Å²) in [5.74, 6) is 1.47. The highest BCUT2D eigenvalue weighted by molar-refractivity contribution is 7.18. The van der Waals surface area contributed by atoms with Crippen LogP contribution in [0.5, 0.6) is 0 Å². The minimum atomic E-state index is 0.677. The van der Waals surface area contributed by atoms with Crippen molar-refractivity contribution < 1.29 is 0 Å². The van der Waals surface area contributed by atoms with E-state index in [-0.39, 0.29) is 0 Å². The van der Waals surface area contributed by atoms with Crippen LogP contribution in [-0.2, 0) is 6.42 Å². The highest BCUT2D eigenvalue weighted by atomic mass is 32.1. The Morgan fingerprint density at radius 2 is 1.75 bits per heavy atom. The summed E-state index contributed by atoms with van der Waals surface area (Å²) in [6.07, 6.45) is 4.46. The van der Waals surface area contributed by atoms with Gasteiger partial charge in [-0.1, -0.05) is 19.1 Å². The second-order valence-electron chi connectivity index (χ2n) is 6.42. The van der Waals surface area contributed by atoms with E-state index in [2.05, 4.69) is 34.3 Å². The maximum atomic E-state index is 4.81. The van der Waals surface area contributed by atoms with Crippen molar-refractivity contribution in [2.45, 2.75) is 13.3 Å². The first kappa shape index (κ1) is 16.8. The van der Waals surface area contributed by atoms with Gasteiger partial charge in [0.2, 0.25) is 0 Å². The Labute approximate surface area is 166 Å². The molecule has 1 N–H and O–H groups in total. The molecule has 3 aromatic heterocycles. The van der Waals surface area contributed by atoms with Crippen molar-refractivity contribution in [2.24, 2.45) is 0 Å². The summed E-state index contributed by atoms with van der Waals surface area (Å²) >= 11 is 1.73. The van der Waals surface area contributed by atoms with Crippen LogP contribution in [0.1, 0.15) is 11.9 Å². The predicted octanol–water partition coefficient (Wildman–Crippen LogP) is 5.61. The normalized spacial score (nSPS) is 11.2. The maximum Gasteiger partial charge on any atom is 0.162 e. The van der Waals surface area contributed by atoms with E-state index in [9.17, 15) is 0 Å². The number of hydrogen-bond donors (Lipinski definition) is 1. The molecular formula is C22H17N5S. The Balaban J connectivity index is 1.61. The van der Waals surface area contributed by atoms with Gasteiger partial charge in [-0.05, 0) is 48.9 Å². The molecule has 0 bridgehead atoms. The Bertz CT molecular complexity index is 1280. The van der Waals surface area contributed by atoms with Crippen molar-refractivity contribution in [3.05, 3.63) is 72.0 Å². The van der Waals surface area contributed by atoms with Crippen LogP contribution in [0.25, 0.3) is 32.5 Å². The number of thiazole rings is 1. The Morgan fingerprint density at radius 1 is 0.893 bits per heavy atom. The zero-order valence-electron chi connectivity index (χ0n) is 15.3. The lowest BCUT2D eigenvalue weighted by Gasteiger charge is -2.11. The van der Waals surface area contributed by atoms with E-state index < -0.39 is 0 Å². The molecule has 0 saturated heterocycles. The Hall–Kier alpha value is -3.38. The van der Waals surface area contributed by atoms with Gasteiger partial charge in [-0.2, -0.15) is 0 Å². The van der Waals surface area contributed by atoms with E-state index in [1.807, 2.05) is 42.5 Å². The van der Waals surface area contributed by atoms with Crippen LogP contribution in [0.15, 0.2) is 67.0 Å². The van der Waals surface area contributed by atoms with E-state index in [4.69, 9.17) is 9.97 Å². The minimum Gasteiger partial charge on any atom is -0.340 e. The van der Waals surface area contributed by atoms with Gasteiger partial charge in [0.05, 0.1) is 20.7 Å². The van der Waals surface area contributed by atoms with Gasteiger partial charge in [0.25, 0.3) is 0 Å². The predicted molar refractivity (Wildman–Crippen MR) is 115 cm³/mol. The van der Waals surface area contributed by atoms with Crippen molar-refractivity contribution in [1.82, 2.24) is 19.9 Å². The van der Waals surface area contributed by atoms with Crippen LogP contribution < -0.4 is 5.32 Å². The van der Waals surface area contributed by atoms with Crippen molar-refractivity contribution in [2.75, 3.05) is 5.32 Å². The van der Waals surface area contributed by atoms with Crippen molar-refractivity contribution in [3.63, 3.8) is 0 Å². The molecule has 0 unspecified atom stereocenters. The van der Waals surface area contributed by atoms with Crippen LogP contribution in [0.3, 0.4) is 0 Å². The lowest BCUT2D eigenvalue weighted by Crippen LogP contribution is -1.99. The summed E-state index contributed by atoms with van der Waals surface area (Å²) in [7, 11) is 0. The molecule has 2 aromatic carbocycles. The summed E-state index contributed by atoms with van der Waals surface area (Å²) in [5, 5.41) is 5.63. The van der Waals surface area contributed by atoms with Gasteiger partial charge in [0.1, 0.15) is 5.82 Å². The van der Waals surface area contributed by atoms with Crippen LogP contribution >= 0.6 is 11.3 Å². The number of fused-ring (bicyclic) bond motifs is 2. The van der Waals surface area contributed by atoms with Crippen molar-refractivity contribution in [3.8, 4) is 11.4 Å². The molecule has 28 heavy (non-hydrogen) atoms. The SMILES string of the molecule is CCc1nc2ccc(Nc3nc(-c4ccncc4)nc4ccccc34)cc2s1. The fourth-order valence-electron chi connectivity index (χ4n) is 3.14. The van der Waals surface area contributed by atoms with Gasteiger partial charge < -0.3 is 5.32 Å². The number of anilines is 2. The second-order valence-corrected chi connectivity index (χ2v) is 7.53. The van der Waals surface area contributed by atoms with Crippen LogP contribution in [0.4, 0.5) is 11.5 Å². The molecule has 0 spiro atoms. The molecule has 0 amide bonds. The number of benzene rings is 2. The molecule has 0 atom stereocenters. The monoisotopic (exact) mass is 383 g/mol. The number of pyridine rings is 1. The lowest BCUT2D eigenvalue weighted by atomic mass is 10.2. The smallest absolute Gasteiger partial charge is 0.162 e. The first-order valence-electron chi connectivity index (χ1n) is 9.14. The average molecular weight is 383 g/mol. The van der Waals surface area contributed by atoms with Gasteiger partial charge in [0.15, 0.2) is 5.82 Å². The summed E-state index contributed by atoms with van der Waals surface area (Å²) in [6.45, 7) is 2.13. The largest absolute Gasteiger partial charge is 0.340 e. The fourth-order valence-corrected chi connectivity index (χ4v) is 4.09. The first-order chi connectivity index (χ1) is 13.8. The van der Waals surface area contributed by atoms with Crippen LogP contribution in [0.2, 0.25) is 0 Å². The zero-order chi connectivity index (χ0) is 18.9. The Kier molecular flexibility index (Phi) is 4.18. The summed E-state index contributed by atoms with van der Waals surface area (Å²) in [4.78, 5) is 18.3. The fraction of sp³-hybridized carbons (Fsp3) is 0.0909. The number of hydrogen-bond acceptors (Lipinski definition) is 6. The van der Waals surface area contributed by atoms with Gasteiger partial charge >= 0.3 is 0 Å². The van der Waals surface area contributed by atoms with Crippen molar-refractivity contribution >= 4 is 44.0 Å². The third kappa shape index (κ3) is 3.08. The third-order valence-corrected chi connectivity index (χ3v) is 5.70. The van der Waals surface area contributed by atoms with Gasteiger partial charge in [-0.3, -0.25) is 4.98 Å². The molecule has 5 nitrogen and oxygen atoms in total. The quantitative estimate of drug-likeness (QED) is 0.437. The molecule has 0 fully saturated rings. The Morgan fingerprint density at radius 3 is 2.61 bits per heavy atom. The molecule has 0 aliphatic heterocycles. The maximum absolute atomic E-state index is 4.81. The van der Waals surface area contributed by atoms with E-state index in [1.165, 1.54) is 4.70 Å². The molecule has 3 heterocycles. The molecule has 0 aliphatic rings. The van der Waals surface area contributed by atoms with E-state index in [0.717, 1.165) is 44.9 Å². The first-order valence-corrected chi connectivity index (χ1v) is 9.95. The number of para-hydroxylation sites is 1. The zero-order valence-corrected chi connectivity index (χ0v) is 16.1.